The van der Waals surface area contributed by atoms with Crippen molar-refractivity contribution in [3.8, 4) is 10.6 Å². The van der Waals surface area contributed by atoms with E-state index in [0.717, 1.165) is 51.6 Å². The van der Waals surface area contributed by atoms with Gasteiger partial charge in [0.15, 0.2) is 0 Å². The minimum Gasteiger partial charge on any atom is -0.370 e. The van der Waals surface area contributed by atoms with Gasteiger partial charge in [0.1, 0.15) is 22.5 Å². The largest absolute Gasteiger partial charge is 0.370 e. The Morgan fingerprint density at radius 3 is 2.71 bits per heavy atom. The van der Waals surface area contributed by atoms with Gasteiger partial charge in [-0.05, 0) is 56.0 Å². The lowest BCUT2D eigenvalue weighted by molar-refractivity contribution is 0.294. The van der Waals surface area contributed by atoms with E-state index in [4.69, 9.17) is 0 Å². The van der Waals surface area contributed by atoms with Gasteiger partial charge < -0.3 is 10.6 Å². The van der Waals surface area contributed by atoms with Crippen molar-refractivity contribution in [3.05, 3.63) is 35.5 Å². The minimum absolute atomic E-state index is 0.282. The van der Waals surface area contributed by atoms with E-state index in [1.807, 2.05) is 13.1 Å². The third-order valence-corrected chi connectivity index (χ3v) is 6.33. The van der Waals surface area contributed by atoms with E-state index in [0.29, 0.717) is 18.5 Å². The normalized spacial score (nSPS) is 19.8. The van der Waals surface area contributed by atoms with Crippen molar-refractivity contribution in [2.24, 2.45) is 5.92 Å². The molecule has 148 valence electrons. The Bertz CT molecular complexity index is 920. The Labute approximate surface area is 168 Å². The van der Waals surface area contributed by atoms with Crippen LogP contribution in [0.2, 0.25) is 0 Å². The minimum atomic E-state index is -0.282. The number of rotatable bonds is 7. The second-order valence-electron chi connectivity index (χ2n) is 7.50. The molecule has 4 rings (SSSR count). The van der Waals surface area contributed by atoms with E-state index in [1.165, 1.54) is 12.8 Å². The number of pyridine rings is 1. The molecule has 0 aliphatic heterocycles. The summed E-state index contributed by atoms with van der Waals surface area (Å²) in [5.41, 5.74) is 1.09. The van der Waals surface area contributed by atoms with Gasteiger partial charge in [-0.3, -0.25) is 0 Å². The van der Waals surface area contributed by atoms with Crippen LogP contribution in [-0.4, -0.2) is 41.0 Å². The predicted octanol–water partition coefficient (Wildman–Crippen LogP) is 4.59. The molecule has 1 saturated carbocycles. The van der Waals surface area contributed by atoms with Crippen molar-refractivity contribution in [2.75, 3.05) is 25.1 Å². The molecule has 0 saturated heterocycles. The molecular weight excluding hydrogens is 373 g/mol. The maximum atomic E-state index is 12.3. The molecular formula is C21H26FN5S. The summed E-state index contributed by atoms with van der Waals surface area (Å²) in [7, 11) is 0. The van der Waals surface area contributed by atoms with Crippen LogP contribution in [0, 0.1) is 12.8 Å². The van der Waals surface area contributed by atoms with E-state index < -0.39 is 0 Å². The number of alkyl halides is 1. The molecule has 1 aromatic carbocycles. The highest BCUT2D eigenvalue weighted by molar-refractivity contribution is 7.14. The van der Waals surface area contributed by atoms with Crippen LogP contribution in [0.25, 0.3) is 21.3 Å². The van der Waals surface area contributed by atoms with Gasteiger partial charge in [-0.15, -0.1) is 10.2 Å². The second kappa shape index (κ2) is 8.92. The first-order valence-corrected chi connectivity index (χ1v) is 10.8. The number of nitrogens with zero attached hydrogens (tertiary/aromatic N) is 3. The van der Waals surface area contributed by atoms with Crippen molar-refractivity contribution in [3.63, 3.8) is 0 Å². The van der Waals surface area contributed by atoms with Crippen molar-refractivity contribution in [1.29, 1.82) is 0 Å². The summed E-state index contributed by atoms with van der Waals surface area (Å²) in [6, 6.07) is 8.91. The van der Waals surface area contributed by atoms with E-state index in [-0.39, 0.29) is 6.67 Å². The summed E-state index contributed by atoms with van der Waals surface area (Å²) < 4.78 is 12.3. The fraction of sp³-hybridized carbons (Fsp3) is 0.476. The number of fused-ring (bicyclic) bond motifs is 1. The van der Waals surface area contributed by atoms with Gasteiger partial charge in [0.2, 0.25) is 0 Å². The Morgan fingerprint density at radius 2 is 1.96 bits per heavy atom. The molecule has 2 aromatic heterocycles. The van der Waals surface area contributed by atoms with Gasteiger partial charge in [0.05, 0.1) is 0 Å². The predicted molar refractivity (Wildman–Crippen MR) is 114 cm³/mol. The van der Waals surface area contributed by atoms with Gasteiger partial charge in [-0.1, -0.05) is 23.5 Å². The summed E-state index contributed by atoms with van der Waals surface area (Å²) in [6.07, 6.45) is 6.52. The number of hydrogen-bond acceptors (Lipinski definition) is 6. The summed E-state index contributed by atoms with van der Waals surface area (Å²) in [6.45, 7) is 3.10. The fourth-order valence-electron chi connectivity index (χ4n) is 3.86. The molecule has 0 atom stereocenters. The molecule has 5 nitrogen and oxygen atoms in total. The molecule has 0 unspecified atom stereocenters. The number of aromatic nitrogens is 3. The maximum absolute atomic E-state index is 12.3. The summed E-state index contributed by atoms with van der Waals surface area (Å²) in [4.78, 5) is 4.56. The van der Waals surface area contributed by atoms with Gasteiger partial charge >= 0.3 is 0 Å². The number of halogens is 1. The average Bonchev–Trinajstić information content (AvgIpc) is 3.17. The first kappa shape index (κ1) is 19.2. The lowest BCUT2D eigenvalue weighted by Crippen LogP contribution is -2.35. The first-order chi connectivity index (χ1) is 13.7. The average molecular weight is 400 g/mol. The molecule has 0 bridgehead atoms. The van der Waals surface area contributed by atoms with E-state index >= 15 is 0 Å². The van der Waals surface area contributed by atoms with E-state index in [9.17, 15) is 4.39 Å². The third-order valence-electron chi connectivity index (χ3n) is 5.44. The first-order valence-electron chi connectivity index (χ1n) is 9.95. The molecule has 2 heterocycles. The number of anilines is 1. The number of nitrogens with one attached hydrogen (secondary N) is 2. The van der Waals surface area contributed by atoms with Crippen molar-refractivity contribution in [1.82, 2.24) is 20.5 Å². The SMILES string of the molecule is Cc1nnc(-c2ccc3cnc(NCC4CCC(NCCF)CC4)cc3c2)s1. The molecule has 7 heteroatoms. The van der Waals surface area contributed by atoms with Crippen LogP contribution in [0.3, 0.4) is 0 Å². The van der Waals surface area contributed by atoms with Crippen molar-refractivity contribution < 1.29 is 4.39 Å². The zero-order valence-electron chi connectivity index (χ0n) is 16.1. The van der Waals surface area contributed by atoms with E-state index in [2.05, 4.69) is 50.1 Å². The van der Waals surface area contributed by atoms with Crippen LogP contribution < -0.4 is 10.6 Å². The summed E-state index contributed by atoms with van der Waals surface area (Å²) in [5.74, 6) is 1.56. The van der Waals surface area contributed by atoms with Crippen molar-refractivity contribution >= 4 is 27.9 Å². The zero-order chi connectivity index (χ0) is 19.3. The Morgan fingerprint density at radius 1 is 1.11 bits per heavy atom. The molecule has 0 spiro atoms. The fourth-order valence-corrected chi connectivity index (χ4v) is 4.55. The van der Waals surface area contributed by atoms with Crippen LogP contribution >= 0.6 is 11.3 Å². The highest BCUT2D eigenvalue weighted by atomic mass is 32.1. The van der Waals surface area contributed by atoms with Crippen LogP contribution in [-0.2, 0) is 0 Å². The highest BCUT2D eigenvalue weighted by Gasteiger charge is 2.20. The molecule has 2 N–H and O–H groups in total. The number of benzene rings is 1. The third kappa shape index (κ3) is 4.64. The molecule has 28 heavy (non-hydrogen) atoms. The van der Waals surface area contributed by atoms with Crippen LogP contribution in [0.15, 0.2) is 30.5 Å². The Kier molecular flexibility index (Phi) is 6.12. The smallest absolute Gasteiger partial charge is 0.147 e. The monoisotopic (exact) mass is 399 g/mol. The lowest BCUT2D eigenvalue weighted by Gasteiger charge is -2.29. The maximum Gasteiger partial charge on any atom is 0.147 e. The lowest BCUT2D eigenvalue weighted by atomic mass is 9.86. The quantitative estimate of drug-likeness (QED) is 0.608. The number of aryl methyl sites for hydroxylation is 1. The standard InChI is InChI=1S/C21H26FN5S/c1-14-26-27-21(28-14)16-4-5-17-13-25-20(11-18(17)10-16)24-12-15-2-6-19(7-3-15)23-9-8-22/h4-5,10-11,13,15,19,23H,2-3,6-9,12H2,1H3,(H,24,25). The number of hydrogen-bond donors (Lipinski definition) is 2. The second-order valence-corrected chi connectivity index (χ2v) is 8.68. The van der Waals surface area contributed by atoms with Crippen molar-refractivity contribution in [2.45, 2.75) is 38.6 Å². The molecule has 1 fully saturated rings. The van der Waals surface area contributed by atoms with E-state index in [1.54, 1.807) is 11.3 Å². The Balaban J connectivity index is 1.38. The zero-order valence-corrected chi connectivity index (χ0v) is 16.9. The molecule has 1 aliphatic carbocycles. The molecule has 3 aromatic rings. The van der Waals surface area contributed by atoms with Crippen LogP contribution in [0.1, 0.15) is 30.7 Å². The van der Waals surface area contributed by atoms with Gasteiger partial charge in [0, 0.05) is 36.3 Å². The van der Waals surface area contributed by atoms with Crippen LogP contribution in [0.4, 0.5) is 10.2 Å². The Hall–Kier alpha value is -2.12. The summed E-state index contributed by atoms with van der Waals surface area (Å²) >= 11 is 1.61. The van der Waals surface area contributed by atoms with Gasteiger partial charge in [0.25, 0.3) is 0 Å². The van der Waals surface area contributed by atoms with Gasteiger partial charge in [-0.2, -0.15) is 0 Å². The van der Waals surface area contributed by atoms with Crippen LogP contribution in [0.5, 0.6) is 0 Å². The molecule has 0 radical (unpaired) electrons. The topological polar surface area (TPSA) is 62.7 Å². The molecule has 0 amide bonds. The highest BCUT2D eigenvalue weighted by Crippen LogP contribution is 2.28. The molecule has 1 aliphatic rings. The summed E-state index contributed by atoms with van der Waals surface area (Å²) in [5, 5.41) is 19.4. The van der Waals surface area contributed by atoms with Gasteiger partial charge in [-0.25, -0.2) is 9.37 Å².